The second-order valence-electron chi connectivity index (χ2n) is 6.25. The topological polar surface area (TPSA) is 135 Å². The highest BCUT2D eigenvalue weighted by Gasteiger charge is 2.25. The van der Waals surface area contributed by atoms with Crippen molar-refractivity contribution in [3.8, 4) is 23.0 Å². The summed E-state index contributed by atoms with van der Waals surface area (Å²) in [5.41, 5.74) is -0.00916. The van der Waals surface area contributed by atoms with Crippen LogP contribution in [0.2, 0.25) is 0 Å². The van der Waals surface area contributed by atoms with Crippen molar-refractivity contribution in [2.75, 3.05) is 0 Å². The van der Waals surface area contributed by atoms with Crippen LogP contribution in [0.5, 0.6) is 23.0 Å². The highest BCUT2D eigenvalue weighted by molar-refractivity contribution is 6.14. The van der Waals surface area contributed by atoms with Gasteiger partial charge in [0.2, 0.25) is 5.78 Å². The summed E-state index contributed by atoms with van der Waals surface area (Å²) in [7, 11) is 0. The summed E-state index contributed by atoms with van der Waals surface area (Å²) in [5.74, 6) is -2.70. The molecule has 0 spiro atoms. The van der Waals surface area contributed by atoms with Crippen LogP contribution in [0.1, 0.15) is 40.4 Å². The summed E-state index contributed by atoms with van der Waals surface area (Å²) < 4.78 is 0. The SMILES string of the molecule is Cc1cc(O)cc(O)c1C(=O)c1c(O)cc(O)cc1CC(=O)C[C@@H](C)O. The smallest absolute Gasteiger partial charge is 0.201 e. The van der Waals surface area contributed by atoms with E-state index < -0.39 is 23.4 Å². The van der Waals surface area contributed by atoms with E-state index in [0.717, 1.165) is 12.1 Å². The zero-order valence-corrected chi connectivity index (χ0v) is 14.4. The van der Waals surface area contributed by atoms with Crippen LogP contribution in [0.3, 0.4) is 0 Å². The molecule has 26 heavy (non-hydrogen) atoms. The first kappa shape index (κ1) is 19.3. The monoisotopic (exact) mass is 360 g/mol. The largest absolute Gasteiger partial charge is 0.508 e. The fourth-order valence-electron chi connectivity index (χ4n) is 2.86. The molecule has 0 bridgehead atoms. The zero-order valence-electron chi connectivity index (χ0n) is 14.4. The maximum atomic E-state index is 12.9. The van der Waals surface area contributed by atoms with Crippen molar-refractivity contribution in [1.82, 2.24) is 0 Å². The molecule has 2 rings (SSSR count). The summed E-state index contributed by atoms with van der Waals surface area (Å²) >= 11 is 0. The van der Waals surface area contributed by atoms with Gasteiger partial charge in [-0.2, -0.15) is 0 Å². The minimum absolute atomic E-state index is 0.0741. The van der Waals surface area contributed by atoms with Crippen molar-refractivity contribution in [3.63, 3.8) is 0 Å². The van der Waals surface area contributed by atoms with Crippen molar-refractivity contribution >= 4 is 11.6 Å². The third-order valence-corrected chi connectivity index (χ3v) is 3.85. The quantitative estimate of drug-likeness (QED) is 0.497. The molecule has 0 aliphatic heterocycles. The first-order chi connectivity index (χ1) is 12.1. The van der Waals surface area contributed by atoms with Gasteiger partial charge in [-0.05, 0) is 37.1 Å². The van der Waals surface area contributed by atoms with E-state index in [1.807, 2.05) is 0 Å². The Balaban J connectivity index is 2.55. The van der Waals surface area contributed by atoms with Gasteiger partial charge in [0.1, 0.15) is 28.8 Å². The Labute approximate surface area is 149 Å². The maximum absolute atomic E-state index is 12.9. The Morgan fingerprint density at radius 1 is 0.923 bits per heavy atom. The number of phenolic OH excluding ortho intramolecular Hbond substituents is 4. The number of aliphatic hydroxyl groups is 1. The molecule has 0 heterocycles. The highest BCUT2D eigenvalue weighted by Crippen LogP contribution is 2.34. The van der Waals surface area contributed by atoms with E-state index in [1.54, 1.807) is 0 Å². The van der Waals surface area contributed by atoms with Crippen LogP contribution in [-0.4, -0.2) is 43.2 Å². The fraction of sp³-hybridized carbons (Fsp3) is 0.263. The summed E-state index contributed by atoms with van der Waals surface area (Å²) in [6.45, 7) is 2.95. The number of carbonyl (C=O) groups is 2. The fourth-order valence-corrected chi connectivity index (χ4v) is 2.86. The third kappa shape index (κ3) is 4.12. The second-order valence-corrected chi connectivity index (χ2v) is 6.25. The first-order valence-electron chi connectivity index (χ1n) is 7.92. The van der Waals surface area contributed by atoms with Crippen molar-refractivity contribution < 1.29 is 35.1 Å². The number of carbonyl (C=O) groups excluding carboxylic acids is 2. The van der Waals surface area contributed by atoms with Crippen molar-refractivity contribution in [2.24, 2.45) is 0 Å². The van der Waals surface area contributed by atoms with Crippen molar-refractivity contribution in [3.05, 3.63) is 46.5 Å². The van der Waals surface area contributed by atoms with Gasteiger partial charge in [0, 0.05) is 25.0 Å². The van der Waals surface area contributed by atoms with Crippen LogP contribution >= 0.6 is 0 Å². The molecule has 0 saturated heterocycles. The van der Waals surface area contributed by atoms with Crippen LogP contribution in [0.4, 0.5) is 0 Å². The van der Waals surface area contributed by atoms with E-state index in [0.29, 0.717) is 0 Å². The molecule has 0 saturated carbocycles. The standard InChI is InChI=1S/C19H20O7/c1-9-3-12(21)7-15(24)17(9)19(26)18-11(5-13(22)4-10(2)20)6-14(23)8-16(18)25/h3,6-8,10,20-21,23-25H,4-5H2,1-2H3/t10-/m1/s1. The molecule has 7 nitrogen and oxygen atoms in total. The van der Waals surface area contributed by atoms with Gasteiger partial charge in [-0.3, -0.25) is 9.59 Å². The number of phenols is 4. The Morgan fingerprint density at radius 2 is 1.46 bits per heavy atom. The minimum Gasteiger partial charge on any atom is -0.508 e. The highest BCUT2D eigenvalue weighted by atomic mass is 16.3. The van der Waals surface area contributed by atoms with E-state index >= 15 is 0 Å². The molecule has 2 aromatic carbocycles. The molecule has 2 aromatic rings. The molecule has 7 heteroatoms. The van der Waals surface area contributed by atoms with E-state index in [-0.39, 0.29) is 52.4 Å². The van der Waals surface area contributed by atoms with E-state index in [4.69, 9.17) is 0 Å². The van der Waals surface area contributed by atoms with E-state index in [2.05, 4.69) is 0 Å². The molecule has 0 unspecified atom stereocenters. The molecule has 0 fully saturated rings. The lowest BCUT2D eigenvalue weighted by molar-refractivity contribution is -0.120. The molecule has 0 amide bonds. The molecular formula is C19H20O7. The number of hydrogen-bond donors (Lipinski definition) is 5. The average Bonchev–Trinajstić information content (AvgIpc) is 2.43. The summed E-state index contributed by atoms with van der Waals surface area (Å²) in [6.07, 6.45) is -1.30. The number of aliphatic hydroxyl groups excluding tert-OH is 1. The van der Waals surface area contributed by atoms with Crippen molar-refractivity contribution in [1.29, 1.82) is 0 Å². The van der Waals surface area contributed by atoms with Gasteiger partial charge in [-0.25, -0.2) is 0 Å². The minimum atomic E-state index is -0.865. The number of Topliss-reactive ketones (excluding diaryl/α,β-unsaturated/α-hetero) is 1. The maximum Gasteiger partial charge on any atom is 0.201 e. The molecule has 1 atom stereocenters. The first-order valence-corrected chi connectivity index (χ1v) is 7.92. The van der Waals surface area contributed by atoms with Crippen LogP contribution in [0, 0.1) is 6.92 Å². The Kier molecular flexibility index (Phi) is 5.52. The second kappa shape index (κ2) is 7.45. The van der Waals surface area contributed by atoms with E-state index in [9.17, 15) is 35.1 Å². The molecule has 0 radical (unpaired) electrons. The number of hydrogen-bond acceptors (Lipinski definition) is 7. The van der Waals surface area contributed by atoms with Gasteiger partial charge >= 0.3 is 0 Å². The molecule has 5 N–H and O–H groups in total. The number of aryl methyl sites for hydroxylation is 1. The normalized spacial score (nSPS) is 12.0. The molecule has 0 aliphatic carbocycles. The zero-order chi connectivity index (χ0) is 19.6. The van der Waals surface area contributed by atoms with Crippen molar-refractivity contribution in [2.45, 2.75) is 32.8 Å². The molecular weight excluding hydrogens is 340 g/mol. The number of benzene rings is 2. The van der Waals surface area contributed by atoms with Gasteiger partial charge in [-0.15, -0.1) is 0 Å². The number of ketones is 2. The third-order valence-electron chi connectivity index (χ3n) is 3.85. The van der Waals surface area contributed by atoms with Crippen LogP contribution in [0.15, 0.2) is 24.3 Å². The summed E-state index contributed by atoms with van der Waals surface area (Å²) in [6, 6.07) is 4.42. The lowest BCUT2D eigenvalue weighted by atomic mass is 9.91. The lowest BCUT2D eigenvalue weighted by Crippen LogP contribution is -2.15. The van der Waals surface area contributed by atoms with Gasteiger partial charge in [-0.1, -0.05) is 0 Å². The molecule has 0 aromatic heterocycles. The van der Waals surface area contributed by atoms with Gasteiger partial charge in [0.25, 0.3) is 0 Å². The van der Waals surface area contributed by atoms with Gasteiger partial charge < -0.3 is 25.5 Å². The number of rotatable bonds is 6. The Morgan fingerprint density at radius 3 is 2.00 bits per heavy atom. The summed E-state index contributed by atoms with van der Waals surface area (Å²) in [4.78, 5) is 24.9. The average molecular weight is 360 g/mol. The predicted molar refractivity (Wildman–Crippen MR) is 92.7 cm³/mol. The Bertz CT molecular complexity index is 845. The van der Waals surface area contributed by atoms with Crippen LogP contribution in [-0.2, 0) is 11.2 Å². The van der Waals surface area contributed by atoms with Crippen LogP contribution < -0.4 is 0 Å². The molecule has 0 aliphatic rings. The van der Waals surface area contributed by atoms with Crippen LogP contribution in [0.25, 0.3) is 0 Å². The lowest BCUT2D eigenvalue weighted by Gasteiger charge is -2.14. The van der Waals surface area contributed by atoms with E-state index in [1.165, 1.54) is 26.0 Å². The predicted octanol–water partition coefficient (Wildman–Crippen LogP) is 1.93. The number of aromatic hydroxyl groups is 4. The molecule has 138 valence electrons. The van der Waals surface area contributed by atoms with Gasteiger partial charge in [0.15, 0.2) is 0 Å². The van der Waals surface area contributed by atoms with Gasteiger partial charge in [0.05, 0.1) is 17.2 Å². The Hall–Kier alpha value is -3.06. The summed E-state index contributed by atoms with van der Waals surface area (Å²) in [5, 5.41) is 48.7.